The van der Waals surface area contributed by atoms with E-state index in [0.717, 1.165) is 21.7 Å². The van der Waals surface area contributed by atoms with Crippen molar-refractivity contribution < 1.29 is 13.2 Å². The topological polar surface area (TPSA) is 66.5 Å². The Morgan fingerprint density at radius 2 is 1.64 bits per heavy atom. The zero-order valence-electron chi connectivity index (χ0n) is 16.5. The molecule has 0 aliphatic carbocycles. The summed E-state index contributed by atoms with van der Waals surface area (Å²) in [7, 11) is -3.73. The molecular weight excluding hydrogens is 419 g/mol. The van der Waals surface area contributed by atoms with E-state index in [1.54, 1.807) is 0 Å². The largest absolute Gasteiger partial charge is 0.348 e. The lowest BCUT2D eigenvalue weighted by Crippen LogP contribution is -2.48. The van der Waals surface area contributed by atoms with Crippen LogP contribution in [0.1, 0.15) is 36.6 Å². The summed E-state index contributed by atoms with van der Waals surface area (Å²) in [6, 6.07) is 9.16. The summed E-state index contributed by atoms with van der Waals surface area (Å²) < 4.78 is 25.8. The second-order valence-electron chi connectivity index (χ2n) is 6.91. The van der Waals surface area contributed by atoms with Crippen LogP contribution in [0, 0.1) is 13.8 Å². The number of hydrogen-bond donors (Lipinski definition) is 1. The molecule has 2 atom stereocenters. The molecule has 2 aromatic carbocycles. The molecule has 0 spiro atoms. The van der Waals surface area contributed by atoms with Crippen LogP contribution in [0.4, 0.5) is 5.69 Å². The van der Waals surface area contributed by atoms with E-state index in [4.69, 9.17) is 23.2 Å². The number of aryl methyl sites for hydroxylation is 2. The smallest absolute Gasteiger partial charge is 0.244 e. The predicted molar refractivity (Wildman–Crippen MR) is 116 cm³/mol. The van der Waals surface area contributed by atoms with Crippen LogP contribution in [0.5, 0.6) is 0 Å². The van der Waals surface area contributed by atoms with E-state index in [0.29, 0.717) is 5.02 Å². The van der Waals surface area contributed by atoms with E-state index in [2.05, 4.69) is 5.32 Å². The third kappa shape index (κ3) is 5.19. The van der Waals surface area contributed by atoms with Crippen LogP contribution in [0.15, 0.2) is 36.4 Å². The van der Waals surface area contributed by atoms with E-state index >= 15 is 0 Å². The molecule has 0 saturated heterocycles. The molecule has 0 bridgehead atoms. The van der Waals surface area contributed by atoms with Crippen LogP contribution in [-0.4, -0.2) is 26.6 Å². The number of nitrogens with zero attached hydrogens (tertiary/aromatic N) is 1. The first kappa shape index (κ1) is 22.5. The number of anilines is 1. The van der Waals surface area contributed by atoms with Crippen molar-refractivity contribution in [2.24, 2.45) is 0 Å². The maximum atomic E-state index is 12.8. The van der Waals surface area contributed by atoms with Crippen LogP contribution in [0.25, 0.3) is 0 Å². The van der Waals surface area contributed by atoms with Gasteiger partial charge in [0.05, 0.1) is 28.0 Å². The highest BCUT2D eigenvalue weighted by Gasteiger charge is 2.30. The Hall–Kier alpha value is -1.76. The van der Waals surface area contributed by atoms with Crippen molar-refractivity contribution >= 4 is 44.8 Å². The van der Waals surface area contributed by atoms with Gasteiger partial charge in [0.1, 0.15) is 6.04 Å². The predicted octanol–water partition coefficient (Wildman–Crippen LogP) is 4.64. The summed E-state index contributed by atoms with van der Waals surface area (Å²) in [5.74, 6) is -0.415. The molecule has 2 aromatic rings. The maximum Gasteiger partial charge on any atom is 0.244 e. The van der Waals surface area contributed by atoms with E-state index in [1.165, 1.54) is 30.7 Å². The standard InChI is InChI=1S/C20H24Cl2N2O3S/c1-12-6-7-16(10-13(12)2)14(3)23-20(25)15(4)24(28(5,26)27)17-8-9-18(21)19(22)11-17/h6-11,14-15H,1-5H3,(H,23,25)/t14-,15-/m0/s1. The molecule has 28 heavy (non-hydrogen) atoms. The van der Waals surface area contributed by atoms with Gasteiger partial charge in [-0.1, -0.05) is 41.4 Å². The van der Waals surface area contributed by atoms with Crippen molar-refractivity contribution in [3.63, 3.8) is 0 Å². The third-order valence-electron chi connectivity index (χ3n) is 4.64. The second kappa shape index (κ2) is 8.72. The summed E-state index contributed by atoms with van der Waals surface area (Å²) in [5.41, 5.74) is 3.52. The lowest BCUT2D eigenvalue weighted by atomic mass is 10.0. The number of halogens is 2. The van der Waals surface area contributed by atoms with Crippen LogP contribution >= 0.6 is 23.2 Å². The van der Waals surface area contributed by atoms with E-state index in [9.17, 15) is 13.2 Å². The number of carbonyl (C=O) groups is 1. The Kier molecular flexibility index (Phi) is 7.02. The summed E-state index contributed by atoms with van der Waals surface area (Å²) in [5, 5.41) is 3.40. The Morgan fingerprint density at radius 1 is 1.00 bits per heavy atom. The molecule has 0 radical (unpaired) electrons. The Balaban J connectivity index is 2.28. The molecule has 2 rings (SSSR count). The fourth-order valence-electron chi connectivity index (χ4n) is 2.88. The van der Waals surface area contributed by atoms with Crippen LogP contribution in [-0.2, 0) is 14.8 Å². The Bertz CT molecular complexity index is 993. The molecule has 0 aliphatic rings. The van der Waals surface area contributed by atoms with Crippen molar-refractivity contribution in [1.29, 1.82) is 0 Å². The molecule has 8 heteroatoms. The van der Waals surface area contributed by atoms with E-state index in [-0.39, 0.29) is 16.8 Å². The zero-order valence-corrected chi connectivity index (χ0v) is 18.8. The first-order chi connectivity index (χ1) is 12.9. The van der Waals surface area contributed by atoms with Crippen LogP contribution < -0.4 is 9.62 Å². The first-order valence-electron chi connectivity index (χ1n) is 8.73. The molecule has 1 N–H and O–H groups in total. The number of rotatable bonds is 6. The van der Waals surface area contributed by atoms with Gasteiger partial charge in [-0.05, 0) is 62.6 Å². The summed E-state index contributed by atoms with van der Waals surface area (Å²) in [6.07, 6.45) is 1.05. The van der Waals surface area contributed by atoms with Crippen molar-refractivity contribution in [2.45, 2.75) is 39.8 Å². The molecular formula is C20H24Cl2N2O3S. The normalized spacial score (nSPS) is 13.7. The fraction of sp³-hybridized carbons (Fsp3) is 0.350. The zero-order chi connectivity index (χ0) is 21.2. The molecule has 0 saturated carbocycles. The van der Waals surface area contributed by atoms with Crippen LogP contribution in [0.3, 0.4) is 0 Å². The van der Waals surface area contributed by atoms with Gasteiger partial charge in [0.15, 0.2) is 0 Å². The number of nitrogens with one attached hydrogen (secondary N) is 1. The molecule has 5 nitrogen and oxygen atoms in total. The van der Waals surface area contributed by atoms with Gasteiger partial charge >= 0.3 is 0 Å². The van der Waals surface area contributed by atoms with Gasteiger partial charge in [-0.2, -0.15) is 0 Å². The number of hydrogen-bond acceptors (Lipinski definition) is 3. The lowest BCUT2D eigenvalue weighted by Gasteiger charge is -2.29. The molecule has 152 valence electrons. The number of amides is 1. The van der Waals surface area contributed by atoms with Gasteiger partial charge in [-0.25, -0.2) is 8.42 Å². The average Bonchev–Trinajstić information content (AvgIpc) is 2.59. The minimum Gasteiger partial charge on any atom is -0.348 e. The summed E-state index contributed by atoms with van der Waals surface area (Å²) in [4.78, 5) is 12.8. The average molecular weight is 443 g/mol. The maximum absolute atomic E-state index is 12.8. The number of sulfonamides is 1. The monoisotopic (exact) mass is 442 g/mol. The first-order valence-corrected chi connectivity index (χ1v) is 11.3. The van der Waals surface area contributed by atoms with Crippen LogP contribution in [0.2, 0.25) is 10.0 Å². The highest BCUT2D eigenvalue weighted by molar-refractivity contribution is 7.92. The summed E-state index contributed by atoms with van der Waals surface area (Å²) >= 11 is 12.0. The van der Waals surface area contributed by atoms with Gasteiger partial charge in [-0.15, -0.1) is 0 Å². The van der Waals surface area contributed by atoms with Crippen molar-refractivity contribution in [3.05, 3.63) is 63.1 Å². The SMILES string of the molecule is Cc1ccc([C@H](C)NC(=O)[C@H](C)N(c2ccc(Cl)c(Cl)c2)S(C)(=O)=O)cc1C. The van der Waals surface area contributed by atoms with E-state index < -0.39 is 22.0 Å². The highest BCUT2D eigenvalue weighted by Crippen LogP contribution is 2.30. The second-order valence-corrected chi connectivity index (χ2v) is 9.58. The van der Waals surface area contributed by atoms with Gasteiger partial charge in [0.2, 0.25) is 15.9 Å². The van der Waals surface area contributed by atoms with Gasteiger partial charge in [-0.3, -0.25) is 9.10 Å². The minimum atomic E-state index is -3.73. The van der Waals surface area contributed by atoms with Crippen molar-refractivity contribution in [2.75, 3.05) is 10.6 Å². The Morgan fingerprint density at radius 3 is 2.18 bits per heavy atom. The quantitative estimate of drug-likeness (QED) is 0.707. The van der Waals surface area contributed by atoms with Crippen molar-refractivity contribution in [1.82, 2.24) is 5.32 Å². The molecule has 0 aliphatic heterocycles. The summed E-state index contributed by atoms with van der Waals surface area (Å²) in [6.45, 7) is 7.42. The number of carbonyl (C=O) groups excluding carboxylic acids is 1. The minimum absolute atomic E-state index is 0.212. The molecule has 0 heterocycles. The number of benzene rings is 2. The lowest BCUT2D eigenvalue weighted by molar-refractivity contribution is -0.122. The molecule has 0 fully saturated rings. The highest BCUT2D eigenvalue weighted by atomic mass is 35.5. The van der Waals surface area contributed by atoms with Gasteiger partial charge in [0, 0.05) is 0 Å². The fourth-order valence-corrected chi connectivity index (χ4v) is 4.34. The third-order valence-corrected chi connectivity index (χ3v) is 6.62. The molecule has 0 unspecified atom stereocenters. The Labute approximate surface area is 176 Å². The molecule has 1 amide bonds. The molecule has 0 aromatic heterocycles. The van der Waals surface area contributed by atoms with Crippen molar-refractivity contribution in [3.8, 4) is 0 Å². The van der Waals surface area contributed by atoms with Gasteiger partial charge in [0.25, 0.3) is 0 Å². The van der Waals surface area contributed by atoms with Gasteiger partial charge < -0.3 is 5.32 Å². The van der Waals surface area contributed by atoms with E-state index in [1.807, 2.05) is 39.0 Å².